The zero-order valence-corrected chi connectivity index (χ0v) is 9.18. The van der Waals surface area contributed by atoms with Gasteiger partial charge in [-0.25, -0.2) is 0 Å². The first-order valence-corrected chi connectivity index (χ1v) is 2.88. The number of nitrogens with zero attached hydrogens (tertiary/aromatic N) is 1. The molecule has 3 nitrogen and oxygen atoms in total. The van der Waals surface area contributed by atoms with Crippen LogP contribution in [-0.4, -0.2) is 18.0 Å². The van der Waals surface area contributed by atoms with E-state index in [1.165, 1.54) is 7.11 Å². The molecular formula is C7H8Cl2CuN2O. The molecule has 0 aromatic carbocycles. The van der Waals surface area contributed by atoms with Crippen molar-refractivity contribution in [2.75, 3.05) is 7.11 Å². The Morgan fingerprint density at radius 3 is 2.38 bits per heavy atom. The summed E-state index contributed by atoms with van der Waals surface area (Å²) in [6.07, 6.45) is 1.63. The van der Waals surface area contributed by atoms with Crippen LogP contribution in [0.3, 0.4) is 0 Å². The molecular weight excluding hydrogens is 263 g/mol. The molecule has 0 atom stereocenters. The summed E-state index contributed by atoms with van der Waals surface area (Å²) < 4.78 is 4.66. The first-order chi connectivity index (χ1) is 4.84. The van der Waals surface area contributed by atoms with Crippen LogP contribution in [0.25, 0.3) is 0 Å². The van der Waals surface area contributed by atoms with Gasteiger partial charge >= 0.3 is 17.1 Å². The summed E-state index contributed by atoms with van der Waals surface area (Å²) in [6.45, 7) is 0. The van der Waals surface area contributed by atoms with E-state index >= 15 is 0 Å². The summed E-state index contributed by atoms with van der Waals surface area (Å²) in [5.74, 6) is 0.0978. The third-order valence-electron chi connectivity index (χ3n) is 1.10. The predicted molar refractivity (Wildman–Crippen MR) is 38.1 cm³/mol. The molecule has 6 heteroatoms. The van der Waals surface area contributed by atoms with E-state index < -0.39 is 0 Å². The second-order valence-electron chi connectivity index (χ2n) is 1.75. The van der Waals surface area contributed by atoms with Crippen molar-refractivity contribution >= 4 is 5.90 Å². The number of rotatable bonds is 1. The fourth-order valence-corrected chi connectivity index (χ4v) is 0.602. The van der Waals surface area contributed by atoms with Gasteiger partial charge in [-0.1, -0.05) is 6.07 Å². The fourth-order valence-electron chi connectivity index (χ4n) is 0.602. The molecule has 0 aliphatic carbocycles. The summed E-state index contributed by atoms with van der Waals surface area (Å²) in [5, 5.41) is 7.19. The Morgan fingerprint density at radius 1 is 1.38 bits per heavy atom. The molecule has 0 fully saturated rings. The van der Waals surface area contributed by atoms with Crippen LogP contribution in [0.15, 0.2) is 24.4 Å². The number of hydrogen-bond acceptors (Lipinski definition) is 3. The van der Waals surface area contributed by atoms with E-state index in [0.29, 0.717) is 5.69 Å². The molecule has 1 aromatic rings. The van der Waals surface area contributed by atoms with Gasteiger partial charge in [-0.2, -0.15) is 0 Å². The Labute approximate surface area is 100 Å². The van der Waals surface area contributed by atoms with Gasteiger partial charge < -0.3 is 29.6 Å². The van der Waals surface area contributed by atoms with Crippen molar-refractivity contribution in [3.8, 4) is 0 Å². The number of methoxy groups -OCH3 is 1. The van der Waals surface area contributed by atoms with E-state index in [9.17, 15) is 0 Å². The van der Waals surface area contributed by atoms with E-state index in [0.717, 1.165) is 0 Å². The van der Waals surface area contributed by atoms with Crippen molar-refractivity contribution < 1.29 is 46.6 Å². The topological polar surface area (TPSA) is 46.0 Å². The van der Waals surface area contributed by atoms with E-state index in [2.05, 4.69) is 9.72 Å². The number of ether oxygens (including phenoxy) is 1. The number of pyridine rings is 1. The van der Waals surface area contributed by atoms with Crippen LogP contribution in [0.5, 0.6) is 0 Å². The normalized spacial score (nSPS) is 6.85. The Morgan fingerprint density at radius 2 is 2.00 bits per heavy atom. The molecule has 0 aliphatic heterocycles. The van der Waals surface area contributed by atoms with Crippen LogP contribution < -0.4 is 24.8 Å². The van der Waals surface area contributed by atoms with Gasteiger partial charge in [-0.15, -0.1) is 0 Å². The van der Waals surface area contributed by atoms with Gasteiger partial charge in [-0.3, -0.25) is 10.4 Å². The molecule has 77 valence electrons. The Balaban J connectivity index is -0.000000333. The smallest absolute Gasteiger partial charge is 1.00 e. The summed E-state index contributed by atoms with van der Waals surface area (Å²) in [6, 6.07) is 5.34. The van der Waals surface area contributed by atoms with E-state index in [4.69, 9.17) is 5.41 Å². The van der Waals surface area contributed by atoms with Crippen LogP contribution in [0, 0.1) is 5.41 Å². The van der Waals surface area contributed by atoms with Crippen molar-refractivity contribution in [1.82, 2.24) is 4.98 Å². The van der Waals surface area contributed by atoms with Gasteiger partial charge in [0.2, 0.25) is 5.90 Å². The van der Waals surface area contributed by atoms with Gasteiger partial charge in [0.1, 0.15) is 5.69 Å². The molecule has 1 aromatic heterocycles. The van der Waals surface area contributed by atoms with Crippen molar-refractivity contribution in [2.24, 2.45) is 0 Å². The maximum atomic E-state index is 7.19. The SMILES string of the molecule is COC(=N)c1ccccn1.[Cl-].[Cl-].[Cu+2]. The van der Waals surface area contributed by atoms with E-state index in [1.807, 2.05) is 6.07 Å². The minimum atomic E-state index is 0. The zero-order valence-electron chi connectivity index (χ0n) is 6.72. The van der Waals surface area contributed by atoms with E-state index in [-0.39, 0.29) is 47.8 Å². The van der Waals surface area contributed by atoms with Gasteiger partial charge in [0.05, 0.1) is 7.11 Å². The monoisotopic (exact) mass is 269 g/mol. The number of aromatic nitrogens is 1. The van der Waals surface area contributed by atoms with Crippen LogP contribution in [0.4, 0.5) is 0 Å². The third-order valence-corrected chi connectivity index (χ3v) is 1.10. The minimum Gasteiger partial charge on any atom is -1.00 e. The minimum absolute atomic E-state index is 0. The summed E-state index contributed by atoms with van der Waals surface area (Å²) >= 11 is 0. The predicted octanol–water partition coefficient (Wildman–Crippen LogP) is -4.94. The molecule has 0 spiro atoms. The Bertz CT molecular complexity index is 233. The van der Waals surface area contributed by atoms with Crippen LogP contribution >= 0.6 is 0 Å². The third kappa shape index (κ3) is 5.88. The fraction of sp³-hybridized carbons (Fsp3) is 0.143. The molecule has 0 amide bonds. The van der Waals surface area contributed by atoms with Crippen molar-refractivity contribution in [2.45, 2.75) is 0 Å². The molecule has 0 bridgehead atoms. The molecule has 13 heavy (non-hydrogen) atoms. The zero-order chi connectivity index (χ0) is 7.40. The second kappa shape index (κ2) is 9.80. The molecule has 1 radical (unpaired) electrons. The van der Waals surface area contributed by atoms with Crippen LogP contribution in [0.2, 0.25) is 0 Å². The quantitative estimate of drug-likeness (QED) is 0.316. The molecule has 0 aliphatic rings. The Hall–Kier alpha value is -0.281. The van der Waals surface area contributed by atoms with Gasteiger partial charge in [-0.05, 0) is 12.1 Å². The average Bonchev–Trinajstić information content (AvgIpc) is 2.05. The molecule has 1 rings (SSSR count). The molecule has 0 unspecified atom stereocenters. The van der Waals surface area contributed by atoms with Crippen molar-refractivity contribution in [1.29, 1.82) is 5.41 Å². The van der Waals surface area contributed by atoms with Crippen molar-refractivity contribution in [3.05, 3.63) is 30.1 Å². The summed E-state index contributed by atoms with van der Waals surface area (Å²) in [5.41, 5.74) is 0.560. The Kier molecular flexibility index (Phi) is 13.9. The largest absolute Gasteiger partial charge is 2.00 e. The van der Waals surface area contributed by atoms with Crippen LogP contribution in [-0.2, 0) is 21.8 Å². The number of halogens is 2. The maximum Gasteiger partial charge on any atom is 2.00 e. The van der Waals surface area contributed by atoms with Gasteiger partial charge in [0.15, 0.2) is 0 Å². The van der Waals surface area contributed by atoms with Crippen molar-refractivity contribution in [3.63, 3.8) is 0 Å². The molecule has 0 saturated carbocycles. The second-order valence-corrected chi connectivity index (χ2v) is 1.75. The molecule has 1 N–H and O–H groups in total. The first kappa shape index (κ1) is 18.5. The standard InChI is InChI=1S/C7H8N2O.2ClH.Cu/c1-10-7(8)6-4-2-3-5-9-6;;;/h2-5,8H,1H3;2*1H;/q;;;+2/p-2. The maximum absolute atomic E-state index is 7.19. The number of nitrogens with one attached hydrogen (secondary N) is 1. The van der Waals surface area contributed by atoms with Gasteiger partial charge in [0, 0.05) is 6.20 Å². The number of hydrogen-bond donors (Lipinski definition) is 1. The van der Waals surface area contributed by atoms with Crippen LogP contribution in [0.1, 0.15) is 5.69 Å². The van der Waals surface area contributed by atoms with E-state index in [1.54, 1.807) is 18.3 Å². The summed E-state index contributed by atoms with van der Waals surface area (Å²) in [4.78, 5) is 3.90. The first-order valence-electron chi connectivity index (χ1n) is 2.88. The summed E-state index contributed by atoms with van der Waals surface area (Å²) in [7, 11) is 1.46. The van der Waals surface area contributed by atoms with Gasteiger partial charge in [0.25, 0.3) is 0 Å². The molecule has 1 heterocycles. The molecule has 0 saturated heterocycles. The average molecular weight is 271 g/mol.